The lowest BCUT2D eigenvalue weighted by Gasteiger charge is -1.94. The molecule has 3 rings (SSSR count). The maximum Gasteiger partial charge on any atom is 0.266 e. The van der Waals surface area contributed by atoms with Crippen LogP contribution in [-0.2, 0) is 0 Å². The van der Waals surface area contributed by atoms with Gasteiger partial charge in [-0.25, -0.2) is 0 Å². The van der Waals surface area contributed by atoms with E-state index in [-0.39, 0.29) is 11.3 Å². The number of H-pyrrole nitrogens is 1. The van der Waals surface area contributed by atoms with Crippen LogP contribution < -0.4 is 14.8 Å². The van der Waals surface area contributed by atoms with Crippen LogP contribution in [0.15, 0.2) is 46.6 Å². The SMILES string of the molecule is O=C(/C=c1\[nH]c(=O)/c(=C\c2cccs2)s1)c1ccc(Cl)cc1. The fourth-order valence-corrected chi connectivity index (χ4v) is 3.58. The molecule has 3 nitrogen and oxygen atoms in total. The summed E-state index contributed by atoms with van der Waals surface area (Å²) in [5, 5.41) is 2.53. The summed E-state index contributed by atoms with van der Waals surface area (Å²) in [6.07, 6.45) is 3.25. The molecule has 0 atom stereocenters. The number of aromatic amines is 1. The third-order valence-electron chi connectivity index (χ3n) is 2.89. The molecule has 0 unspecified atom stereocenters. The van der Waals surface area contributed by atoms with Crippen molar-refractivity contribution in [2.45, 2.75) is 0 Å². The summed E-state index contributed by atoms with van der Waals surface area (Å²) in [7, 11) is 0. The second-order valence-corrected chi connectivity index (χ2v) is 6.96. The van der Waals surface area contributed by atoms with E-state index in [9.17, 15) is 9.59 Å². The lowest BCUT2D eigenvalue weighted by molar-refractivity contribution is 0.106. The first-order valence-electron chi connectivity index (χ1n) is 6.38. The first-order chi connectivity index (χ1) is 10.6. The van der Waals surface area contributed by atoms with E-state index < -0.39 is 0 Å². The maximum atomic E-state index is 12.1. The van der Waals surface area contributed by atoms with Gasteiger partial charge in [-0.1, -0.05) is 17.7 Å². The van der Waals surface area contributed by atoms with E-state index in [0.717, 1.165) is 4.88 Å². The van der Waals surface area contributed by atoms with E-state index in [1.165, 1.54) is 17.4 Å². The molecule has 0 spiro atoms. The van der Waals surface area contributed by atoms with Crippen molar-refractivity contribution in [2.75, 3.05) is 0 Å². The minimum Gasteiger partial charge on any atom is -0.313 e. The van der Waals surface area contributed by atoms with Gasteiger partial charge in [-0.2, -0.15) is 0 Å². The topological polar surface area (TPSA) is 49.9 Å². The first-order valence-corrected chi connectivity index (χ1v) is 8.45. The molecule has 2 aromatic heterocycles. The number of benzene rings is 1. The summed E-state index contributed by atoms with van der Waals surface area (Å²) in [5.74, 6) is -0.170. The van der Waals surface area contributed by atoms with Crippen LogP contribution in [0.25, 0.3) is 12.2 Å². The van der Waals surface area contributed by atoms with Crippen LogP contribution in [0.4, 0.5) is 0 Å². The predicted molar refractivity (Wildman–Crippen MR) is 92.3 cm³/mol. The van der Waals surface area contributed by atoms with Gasteiger partial charge >= 0.3 is 0 Å². The summed E-state index contributed by atoms with van der Waals surface area (Å²) < 4.78 is 1.12. The summed E-state index contributed by atoms with van der Waals surface area (Å²) in [6.45, 7) is 0. The van der Waals surface area contributed by atoms with Gasteiger partial charge in [0, 0.05) is 21.5 Å². The molecule has 0 aliphatic heterocycles. The molecule has 0 aliphatic rings. The van der Waals surface area contributed by atoms with Crippen LogP contribution in [0.1, 0.15) is 15.2 Å². The Bertz CT molecular complexity index is 967. The molecule has 0 amide bonds. The number of aromatic nitrogens is 1. The molecular weight excluding hydrogens is 338 g/mol. The molecule has 6 heteroatoms. The molecule has 3 aromatic rings. The average Bonchev–Trinajstić information content (AvgIpc) is 3.11. The van der Waals surface area contributed by atoms with Crippen LogP contribution >= 0.6 is 34.3 Å². The lowest BCUT2D eigenvalue weighted by atomic mass is 10.1. The minimum absolute atomic E-state index is 0.170. The van der Waals surface area contributed by atoms with Crippen molar-refractivity contribution < 1.29 is 4.79 Å². The van der Waals surface area contributed by atoms with E-state index in [1.54, 1.807) is 35.6 Å². The number of thiazole rings is 1. The van der Waals surface area contributed by atoms with Crippen molar-refractivity contribution >= 4 is 52.2 Å². The van der Waals surface area contributed by atoms with Gasteiger partial charge in [0.25, 0.3) is 5.56 Å². The molecule has 0 saturated carbocycles. The second kappa shape index (κ2) is 6.44. The quantitative estimate of drug-likeness (QED) is 0.740. The lowest BCUT2D eigenvalue weighted by Crippen LogP contribution is -2.19. The standard InChI is InChI=1S/C16H10ClNO2S2/c17-11-5-3-10(4-6-11)13(19)9-15-18-16(20)14(22-15)8-12-2-1-7-21-12/h1-9H,(H,18,20)/b14-8+,15-9+. The fraction of sp³-hybridized carbons (Fsp3) is 0. The average molecular weight is 348 g/mol. The van der Waals surface area contributed by atoms with Gasteiger partial charge in [0.05, 0.1) is 9.20 Å². The van der Waals surface area contributed by atoms with Crippen LogP contribution in [0.2, 0.25) is 5.02 Å². The Morgan fingerprint density at radius 2 is 1.95 bits per heavy atom. The molecule has 0 aliphatic carbocycles. The van der Waals surface area contributed by atoms with Crippen LogP contribution in [0, 0.1) is 0 Å². The smallest absolute Gasteiger partial charge is 0.266 e. The number of rotatable bonds is 3. The zero-order valence-electron chi connectivity index (χ0n) is 11.2. The van der Waals surface area contributed by atoms with Gasteiger partial charge < -0.3 is 4.98 Å². The highest BCUT2D eigenvalue weighted by atomic mass is 35.5. The number of hydrogen-bond donors (Lipinski definition) is 1. The zero-order chi connectivity index (χ0) is 15.5. The predicted octanol–water partition coefficient (Wildman–Crippen LogP) is 2.64. The van der Waals surface area contributed by atoms with Crippen LogP contribution in [-0.4, -0.2) is 10.8 Å². The molecule has 0 saturated heterocycles. The van der Waals surface area contributed by atoms with E-state index in [2.05, 4.69) is 4.98 Å². The Labute approximate surface area is 138 Å². The molecule has 0 fully saturated rings. The largest absolute Gasteiger partial charge is 0.313 e. The van der Waals surface area contributed by atoms with Gasteiger partial charge in [-0.3, -0.25) is 9.59 Å². The molecular formula is C16H10ClNO2S2. The van der Waals surface area contributed by atoms with Crippen LogP contribution in [0.5, 0.6) is 0 Å². The number of halogens is 1. The van der Waals surface area contributed by atoms with Gasteiger partial charge in [-0.05, 0) is 41.8 Å². The van der Waals surface area contributed by atoms with Crippen molar-refractivity contribution in [1.82, 2.24) is 4.98 Å². The number of thiophene rings is 1. The van der Waals surface area contributed by atoms with Crippen molar-refractivity contribution in [3.8, 4) is 0 Å². The second-order valence-electron chi connectivity index (χ2n) is 4.46. The highest BCUT2D eigenvalue weighted by molar-refractivity contribution is 7.11. The van der Waals surface area contributed by atoms with Gasteiger partial charge in [0.1, 0.15) is 0 Å². The molecule has 0 bridgehead atoms. The number of nitrogens with one attached hydrogen (secondary N) is 1. The molecule has 1 N–H and O–H groups in total. The molecule has 0 radical (unpaired) electrons. The Balaban J connectivity index is 1.97. The third kappa shape index (κ3) is 3.44. The summed E-state index contributed by atoms with van der Waals surface area (Å²) in [6, 6.07) is 10.5. The molecule has 2 heterocycles. The summed E-state index contributed by atoms with van der Waals surface area (Å²) in [5.41, 5.74) is 0.344. The molecule has 1 aromatic carbocycles. The van der Waals surface area contributed by atoms with Crippen molar-refractivity contribution in [3.05, 3.63) is 76.8 Å². The fourth-order valence-electron chi connectivity index (χ4n) is 1.84. The Morgan fingerprint density at radius 3 is 2.64 bits per heavy atom. The van der Waals surface area contributed by atoms with Crippen molar-refractivity contribution in [2.24, 2.45) is 0 Å². The molecule has 110 valence electrons. The van der Waals surface area contributed by atoms with Gasteiger partial charge in [0.15, 0.2) is 5.78 Å². The zero-order valence-corrected chi connectivity index (χ0v) is 13.6. The Morgan fingerprint density at radius 1 is 1.18 bits per heavy atom. The first kappa shape index (κ1) is 15.0. The van der Waals surface area contributed by atoms with Gasteiger partial charge in [-0.15, -0.1) is 22.7 Å². The summed E-state index contributed by atoms with van der Waals surface area (Å²) >= 11 is 8.62. The Hall–Kier alpha value is -1.95. The van der Waals surface area contributed by atoms with E-state index in [1.807, 2.05) is 23.6 Å². The normalized spacial score (nSPS) is 12.8. The van der Waals surface area contributed by atoms with E-state index in [0.29, 0.717) is 19.8 Å². The number of Topliss-reactive ketones (excluding diaryl/α,β-unsaturated/α-hetero) is 1. The van der Waals surface area contributed by atoms with Crippen molar-refractivity contribution in [1.29, 1.82) is 0 Å². The van der Waals surface area contributed by atoms with Crippen LogP contribution in [0.3, 0.4) is 0 Å². The maximum absolute atomic E-state index is 12.1. The minimum atomic E-state index is -0.187. The number of ketones is 1. The highest BCUT2D eigenvalue weighted by Gasteiger charge is 2.03. The van der Waals surface area contributed by atoms with E-state index in [4.69, 9.17) is 11.6 Å². The third-order valence-corrected chi connectivity index (χ3v) is 4.92. The molecule has 22 heavy (non-hydrogen) atoms. The van der Waals surface area contributed by atoms with Crippen molar-refractivity contribution in [3.63, 3.8) is 0 Å². The van der Waals surface area contributed by atoms with E-state index >= 15 is 0 Å². The number of carbonyl (C=O) groups is 1. The number of hydrogen-bond acceptors (Lipinski definition) is 4. The monoisotopic (exact) mass is 347 g/mol. The van der Waals surface area contributed by atoms with Gasteiger partial charge in [0.2, 0.25) is 0 Å². The Kier molecular flexibility index (Phi) is 4.38. The highest BCUT2D eigenvalue weighted by Crippen LogP contribution is 2.10. The number of carbonyl (C=O) groups excluding carboxylic acids is 1. The summed E-state index contributed by atoms with van der Waals surface area (Å²) in [4.78, 5) is 27.8.